The minimum Gasteiger partial charge on any atom is -0.485 e. The topological polar surface area (TPSA) is 38.8 Å². The molecule has 0 N–H and O–H groups in total. The lowest BCUT2D eigenvalue weighted by Gasteiger charge is -2.56. The Labute approximate surface area is 140 Å². The largest absolute Gasteiger partial charge is 0.485 e. The Morgan fingerprint density at radius 3 is 3.04 bits per heavy atom. The molecule has 5 heteroatoms. The Morgan fingerprint density at radius 1 is 1.42 bits per heavy atom. The molecule has 0 aromatic heterocycles. The molecule has 126 valence electrons. The molecule has 1 saturated heterocycles. The predicted molar refractivity (Wildman–Crippen MR) is 85.5 cm³/mol. The van der Waals surface area contributed by atoms with E-state index < -0.39 is 0 Å². The van der Waals surface area contributed by atoms with Crippen LogP contribution in [0.3, 0.4) is 0 Å². The average Bonchev–Trinajstić information content (AvgIpc) is 2.93. The zero-order valence-corrected chi connectivity index (χ0v) is 13.8. The van der Waals surface area contributed by atoms with Crippen molar-refractivity contribution in [2.45, 2.75) is 37.3 Å². The maximum Gasteiger partial charge on any atom is 0.409 e. The van der Waals surface area contributed by atoms with Crippen molar-refractivity contribution < 1.29 is 18.7 Å². The zero-order valence-electron chi connectivity index (χ0n) is 13.8. The maximum atomic E-state index is 14.4. The zero-order chi connectivity index (χ0) is 16.6. The predicted octanol–water partition coefficient (Wildman–Crippen LogP) is 3.04. The van der Waals surface area contributed by atoms with Crippen LogP contribution in [0.1, 0.15) is 24.5 Å². The van der Waals surface area contributed by atoms with Crippen LogP contribution in [0, 0.1) is 17.7 Å². The van der Waals surface area contributed by atoms with Crippen molar-refractivity contribution >= 4 is 6.09 Å². The normalized spacial score (nSPS) is 37.7. The average molecular weight is 329 g/mol. The molecule has 5 rings (SSSR count). The smallest absolute Gasteiger partial charge is 0.409 e. The Bertz CT molecular complexity index is 776. The molecule has 2 aliphatic carbocycles. The highest BCUT2D eigenvalue weighted by atomic mass is 19.1. The van der Waals surface area contributed by atoms with Crippen LogP contribution in [0.2, 0.25) is 0 Å². The highest BCUT2D eigenvalue weighted by Crippen LogP contribution is 2.62. The molecule has 5 atom stereocenters. The third-order valence-corrected chi connectivity index (χ3v) is 6.53. The third kappa shape index (κ3) is 1.47. The van der Waals surface area contributed by atoms with Crippen molar-refractivity contribution in [2.24, 2.45) is 11.8 Å². The van der Waals surface area contributed by atoms with Crippen LogP contribution in [-0.2, 0) is 16.6 Å². The summed E-state index contributed by atoms with van der Waals surface area (Å²) in [6, 6.07) is 3.41. The number of rotatable bonds is 0. The molecule has 1 spiro atoms. The number of benzene rings is 1. The molecule has 4 nitrogen and oxygen atoms in total. The van der Waals surface area contributed by atoms with E-state index in [1.54, 1.807) is 0 Å². The van der Waals surface area contributed by atoms with E-state index in [9.17, 15) is 9.18 Å². The van der Waals surface area contributed by atoms with Crippen molar-refractivity contribution in [1.82, 2.24) is 4.90 Å². The van der Waals surface area contributed by atoms with Crippen LogP contribution in [0.5, 0.6) is 5.75 Å². The molecule has 1 aromatic carbocycles. The van der Waals surface area contributed by atoms with Gasteiger partial charge in [0.1, 0.15) is 6.10 Å². The lowest BCUT2D eigenvalue weighted by Crippen LogP contribution is -2.65. The van der Waals surface area contributed by atoms with Gasteiger partial charge in [0.15, 0.2) is 11.6 Å². The van der Waals surface area contributed by atoms with Gasteiger partial charge in [-0.25, -0.2) is 9.18 Å². The van der Waals surface area contributed by atoms with Gasteiger partial charge < -0.3 is 14.4 Å². The van der Waals surface area contributed by atoms with Crippen molar-refractivity contribution in [3.8, 4) is 5.75 Å². The number of halogens is 1. The number of amides is 1. The number of nitrogens with zero attached hydrogens (tertiary/aromatic N) is 1. The second kappa shape index (κ2) is 4.52. The van der Waals surface area contributed by atoms with Gasteiger partial charge in [0, 0.05) is 35.4 Å². The number of methoxy groups -OCH3 is 1. The lowest BCUT2D eigenvalue weighted by molar-refractivity contribution is -0.0201. The van der Waals surface area contributed by atoms with Crippen molar-refractivity contribution in [1.29, 1.82) is 0 Å². The first kappa shape index (κ1) is 14.3. The maximum absolute atomic E-state index is 14.4. The van der Waals surface area contributed by atoms with Gasteiger partial charge in [-0.15, -0.1) is 0 Å². The van der Waals surface area contributed by atoms with E-state index in [4.69, 9.17) is 9.47 Å². The molecule has 1 unspecified atom stereocenters. The molecule has 1 fully saturated rings. The molecule has 1 amide bonds. The molecule has 2 bridgehead atoms. The molecule has 2 heterocycles. The fraction of sp³-hybridized carbons (Fsp3) is 0.526. The number of likely N-dealkylation sites (tertiary alicyclic amines) is 1. The molecule has 4 aliphatic rings. The van der Waals surface area contributed by atoms with Crippen LogP contribution in [0.15, 0.2) is 24.3 Å². The van der Waals surface area contributed by atoms with Gasteiger partial charge in [-0.1, -0.05) is 25.1 Å². The highest BCUT2D eigenvalue weighted by molar-refractivity contribution is 5.69. The summed E-state index contributed by atoms with van der Waals surface area (Å²) in [6.07, 6.45) is 5.57. The van der Waals surface area contributed by atoms with Crippen LogP contribution < -0.4 is 4.74 Å². The number of hydrogen-bond donors (Lipinski definition) is 0. The van der Waals surface area contributed by atoms with E-state index in [2.05, 4.69) is 19.1 Å². The van der Waals surface area contributed by atoms with Gasteiger partial charge in [-0.3, -0.25) is 0 Å². The van der Waals surface area contributed by atoms with Crippen LogP contribution in [-0.4, -0.2) is 36.8 Å². The molecule has 24 heavy (non-hydrogen) atoms. The van der Waals surface area contributed by atoms with E-state index in [0.29, 0.717) is 12.3 Å². The number of ether oxygens (including phenoxy) is 2. The van der Waals surface area contributed by atoms with Crippen LogP contribution in [0.4, 0.5) is 9.18 Å². The van der Waals surface area contributed by atoms with E-state index in [0.717, 1.165) is 24.0 Å². The number of carbonyl (C=O) groups is 1. The van der Waals surface area contributed by atoms with Crippen molar-refractivity contribution in [3.05, 3.63) is 41.2 Å². The summed E-state index contributed by atoms with van der Waals surface area (Å²) in [4.78, 5) is 14.1. The molecular weight excluding hydrogens is 309 g/mol. The number of carbonyl (C=O) groups excluding carboxylic acids is 1. The van der Waals surface area contributed by atoms with Gasteiger partial charge in [-0.2, -0.15) is 0 Å². The second-order valence-corrected chi connectivity index (χ2v) is 7.44. The number of piperidine rings is 1. The summed E-state index contributed by atoms with van der Waals surface area (Å²) >= 11 is 0. The van der Waals surface area contributed by atoms with E-state index >= 15 is 0 Å². The molecule has 2 aliphatic heterocycles. The second-order valence-electron chi connectivity index (χ2n) is 7.44. The highest BCUT2D eigenvalue weighted by Gasteiger charge is 2.64. The van der Waals surface area contributed by atoms with Gasteiger partial charge in [0.05, 0.1) is 7.11 Å². The SMILES string of the molecule is COC(=O)N1CC[C@]23c4c5ccc(F)c4O[C@H]2[C@@H](C)C=C[C@H]3C1C5. The molecule has 1 aromatic rings. The quantitative estimate of drug-likeness (QED) is 0.687. The van der Waals surface area contributed by atoms with Crippen molar-refractivity contribution in [3.63, 3.8) is 0 Å². The summed E-state index contributed by atoms with van der Waals surface area (Å²) in [5.41, 5.74) is 1.97. The summed E-state index contributed by atoms with van der Waals surface area (Å²) in [5.74, 6) is 0.562. The first-order valence-electron chi connectivity index (χ1n) is 8.59. The Balaban J connectivity index is 1.75. The van der Waals surface area contributed by atoms with Gasteiger partial charge in [0.2, 0.25) is 0 Å². The van der Waals surface area contributed by atoms with Gasteiger partial charge in [0.25, 0.3) is 0 Å². The molecule has 0 saturated carbocycles. The third-order valence-electron chi connectivity index (χ3n) is 6.53. The number of hydrogen-bond acceptors (Lipinski definition) is 3. The Kier molecular flexibility index (Phi) is 2.70. The van der Waals surface area contributed by atoms with Crippen molar-refractivity contribution in [2.75, 3.05) is 13.7 Å². The summed E-state index contributed by atoms with van der Waals surface area (Å²) in [6.45, 7) is 2.76. The van der Waals surface area contributed by atoms with Crippen LogP contribution in [0.25, 0.3) is 0 Å². The lowest BCUT2D eigenvalue weighted by atomic mass is 9.52. The minimum atomic E-state index is -0.275. The van der Waals surface area contributed by atoms with E-state index in [1.807, 2.05) is 11.0 Å². The fourth-order valence-corrected chi connectivity index (χ4v) is 5.65. The summed E-state index contributed by atoms with van der Waals surface area (Å²) < 4.78 is 25.6. The first-order chi connectivity index (χ1) is 11.6. The fourth-order valence-electron chi connectivity index (χ4n) is 5.65. The first-order valence-corrected chi connectivity index (χ1v) is 8.59. The summed E-state index contributed by atoms with van der Waals surface area (Å²) in [5, 5.41) is 0. The Hall–Kier alpha value is -2.04. The molecule has 0 radical (unpaired) electrons. The van der Waals surface area contributed by atoms with Crippen LogP contribution >= 0.6 is 0 Å². The standard InChI is InChI=1S/C19H20FNO3/c1-10-3-5-12-14-9-11-4-6-13(20)16-15(11)19(12,17(10)24-16)7-8-21(14)18(22)23-2/h3-6,10,12,14,17H,7-9H2,1-2H3/t10-,12-,14?,17-,19-/m0/s1. The molecular formula is C19H20FNO3. The monoisotopic (exact) mass is 329 g/mol. The van der Waals surface area contributed by atoms with Gasteiger partial charge >= 0.3 is 6.09 Å². The minimum absolute atomic E-state index is 0.0463. The van der Waals surface area contributed by atoms with Gasteiger partial charge in [-0.05, 0) is 24.5 Å². The summed E-state index contributed by atoms with van der Waals surface area (Å²) in [7, 11) is 1.43. The van der Waals surface area contributed by atoms with E-state index in [1.165, 1.54) is 13.2 Å². The van der Waals surface area contributed by atoms with E-state index in [-0.39, 0.29) is 41.3 Å². The Morgan fingerprint density at radius 2 is 2.25 bits per heavy atom.